The van der Waals surface area contributed by atoms with E-state index >= 15 is 0 Å². The molecule has 0 aliphatic rings. The molecular weight excluding hydrogens is 260 g/mol. The molecule has 0 bridgehead atoms. The van der Waals surface area contributed by atoms with Crippen molar-refractivity contribution in [2.45, 2.75) is 39.7 Å². The minimum absolute atomic E-state index is 0.279. The van der Waals surface area contributed by atoms with Crippen molar-refractivity contribution >= 4 is 0 Å². The number of hydrogen-bond donors (Lipinski definition) is 2. The van der Waals surface area contributed by atoms with Gasteiger partial charge in [0.1, 0.15) is 0 Å². The minimum Gasteiger partial charge on any atom is -0.396 e. The summed E-state index contributed by atoms with van der Waals surface area (Å²) < 4.78 is 0. The summed E-state index contributed by atoms with van der Waals surface area (Å²) in [4.78, 5) is 2.43. The van der Waals surface area contributed by atoms with E-state index < -0.39 is 0 Å². The largest absolute Gasteiger partial charge is 0.396 e. The van der Waals surface area contributed by atoms with Gasteiger partial charge in [-0.05, 0) is 37.4 Å². The third-order valence-electron chi connectivity index (χ3n) is 3.97. The fourth-order valence-corrected chi connectivity index (χ4v) is 2.79. The first kappa shape index (κ1) is 18.1. The van der Waals surface area contributed by atoms with Crippen LogP contribution in [0.4, 0.5) is 0 Å². The van der Waals surface area contributed by atoms with Crippen LogP contribution >= 0.6 is 0 Å². The normalized spacial score (nSPS) is 14.3. The van der Waals surface area contributed by atoms with Gasteiger partial charge in [-0.3, -0.25) is 0 Å². The molecule has 1 aromatic rings. The number of benzene rings is 1. The van der Waals surface area contributed by atoms with E-state index in [1.54, 1.807) is 0 Å². The highest BCUT2D eigenvalue weighted by Crippen LogP contribution is 2.23. The first-order valence-corrected chi connectivity index (χ1v) is 8.34. The maximum Gasteiger partial charge on any atom is 0.0443 e. The summed E-state index contributed by atoms with van der Waals surface area (Å²) in [5, 5.41) is 12.7. The molecule has 2 N–H and O–H groups in total. The van der Waals surface area contributed by atoms with Crippen molar-refractivity contribution in [2.24, 2.45) is 5.92 Å². The first-order chi connectivity index (χ1) is 10.2. The minimum atomic E-state index is 0.279. The molecule has 3 nitrogen and oxygen atoms in total. The van der Waals surface area contributed by atoms with Crippen molar-refractivity contribution in [3.63, 3.8) is 0 Å². The zero-order valence-corrected chi connectivity index (χ0v) is 13.9. The molecular formula is C18H32N2O. The predicted octanol–water partition coefficient (Wildman–Crippen LogP) is 3.07. The van der Waals surface area contributed by atoms with Gasteiger partial charge in [0.05, 0.1) is 0 Å². The van der Waals surface area contributed by atoms with Crippen LogP contribution in [0.5, 0.6) is 0 Å². The number of rotatable bonds is 11. The summed E-state index contributed by atoms with van der Waals surface area (Å²) in [6, 6.07) is 11.1. The maximum atomic E-state index is 9.01. The zero-order valence-electron chi connectivity index (χ0n) is 13.9. The summed E-state index contributed by atoms with van der Waals surface area (Å²) in [6.07, 6.45) is 2.01. The highest BCUT2D eigenvalue weighted by Gasteiger charge is 2.20. The topological polar surface area (TPSA) is 35.5 Å². The summed E-state index contributed by atoms with van der Waals surface area (Å²) in [5.41, 5.74) is 1.37. The van der Waals surface area contributed by atoms with Crippen LogP contribution in [0.3, 0.4) is 0 Å². The van der Waals surface area contributed by atoms with E-state index in [9.17, 15) is 0 Å². The lowest BCUT2D eigenvalue weighted by Crippen LogP contribution is -2.36. The lowest BCUT2D eigenvalue weighted by Gasteiger charge is -2.30. The SMILES string of the molecule is CCCNC(c1ccccc1)C(C)CN(CC)CCCO. The fraction of sp³-hybridized carbons (Fsp3) is 0.667. The number of hydrogen-bond acceptors (Lipinski definition) is 3. The van der Waals surface area contributed by atoms with E-state index in [0.29, 0.717) is 12.0 Å². The number of nitrogens with one attached hydrogen (secondary N) is 1. The molecule has 2 unspecified atom stereocenters. The van der Waals surface area contributed by atoms with Crippen LogP contribution < -0.4 is 5.32 Å². The molecule has 1 rings (SSSR count). The van der Waals surface area contributed by atoms with E-state index in [4.69, 9.17) is 5.11 Å². The van der Waals surface area contributed by atoms with E-state index in [2.05, 4.69) is 61.3 Å². The number of nitrogens with zero attached hydrogens (tertiary/aromatic N) is 1. The van der Waals surface area contributed by atoms with Gasteiger partial charge in [-0.25, -0.2) is 0 Å². The van der Waals surface area contributed by atoms with Gasteiger partial charge in [0.25, 0.3) is 0 Å². The van der Waals surface area contributed by atoms with Crippen LogP contribution in [0.25, 0.3) is 0 Å². The average molecular weight is 292 g/mol. The second-order valence-electron chi connectivity index (χ2n) is 5.79. The molecule has 0 aliphatic carbocycles. The molecule has 0 amide bonds. The number of aliphatic hydroxyl groups excluding tert-OH is 1. The molecule has 0 aliphatic heterocycles. The lowest BCUT2D eigenvalue weighted by molar-refractivity contribution is 0.194. The maximum absolute atomic E-state index is 9.01. The van der Waals surface area contributed by atoms with Gasteiger partial charge < -0.3 is 15.3 Å². The Bertz CT molecular complexity index is 355. The molecule has 0 spiro atoms. The predicted molar refractivity (Wildman–Crippen MR) is 90.5 cm³/mol. The molecule has 0 saturated carbocycles. The van der Waals surface area contributed by atoms with Gasteiger partial charge in [0.15, 0.2) is 0 Å². The first-order valence-electron chi connectivity index (χ1n) is 8.34. The molecule has 120 valence electrons. The Morgan fingerprint density at radius 2 is 1.90 bits per heavy atom. The molecule has 0 aromatic heterocycles. The smallest absolute Gasteiger partial charge is 0.0443 e. The monoisotopic (exact) mass is 292 g/mol. The van der Waals surface area contributed by atoms with Crippen molar-refractivity contribution in [1.82, 2.24) is 10.2 Å². The molecule has 3 heteroatoms. The van der Waals surface area contributed by atoms with Crippen LogP contribution in [-0.2, 0) is 0 Å². The van der Waals surface area contributed by atoms with Crippen LogP contribution in [0.15, 0.2) is 30.3 Å². The van der Waals surface area contributed by atoms with Crippen molar-refractivity contribution < 1.29 is 5.11 Å². The van der Waals surface area contributed by atoms with E-state index in [-0.39, 0.29) is 6.61 Å². The Morgan fingerprint density at radius 1 is 1.19 bits per heavy atom. The zero-order chi connectivity index (χ0) is 15.5. The highest BCUT2D eigenvalue weighted by atomic mass is 16.3. The Morgan fingerprint density at radius 3 is 2.48 bits per heavy atom. The lowest BCUT2D eigenvalue weighted by atomic mass is 9.93. The van der Waals surface area contributed by atoms with Gasteiger partial charge in [-0.1, -0.05) is 51.1 Å². The van der Waals surface area contributed by atoms with E-state index in [1.807, 2.05) is 0 Å². The molecule has 21 heavy (non-hydrogen) atoms. The van der Waals surface area contributed by atoms with E-state index in [1.165, 1.54) is 5.56 Å². The summed E-state index contributed by atoms with van der Waals surface area (Å²) in [5.74, 6) is 0.539. The molecule has 0 radical (unpaired) electrons. The molecule has 0 saturated heterocycles. The third kappa shape index (κ3) is 6.60. The van der Waals surface area contributed by atoms with Crippen molar-refractivity contribution in [3.8, 4) is 0 Å². The summed E-state index contributed by atoms with van der Waals surface area (Å²) in [7, 11) is 0. The fourth-order valence-electron chi connectivity index (χ4n) is 2.79. The van der Waals surface area contributed by atoms with Crippen molar-refractivity contribution in [3.05, 3.63) is 35.9 Å². The van der Waals surface area contributed by atoms with Crippen molar-refractivity contribution in [1.29, 1.82) is 0 Å². The standard InChI is InChI=1S/C18H32N2O/c1-4-12-19-18(17-10-7-6-8-11-17)16(3)15-20(5-2)13-9-14-21/h6-8,10-11,16,18-19,21H,4-5,9,12-15H2,1-3H3. The van der Waals surface area contributed by atoms with Crippen molar-refractivity contribution in [2.75, 3.05) is 32.8 Å². The molecule has 0 fully saturated rings. The van der Waals surface area contributed by atoms with Gasteiger partial charge in [-0.2, -0.15) is 0 Å². The molecule has 0 heterocycles. The van der Waals surface area contributed by atoms with Gasteiger partial charge in [-0.15, -0.1) is 0 Å². The Labute approximate surface area is 130 Å². The van der Waals surface area contributed by atoms with Gasteiger partial charge >= 0.3 is 0 Å². The van der Waals surface area contributed by atoms with Crippen LogP contribution in [-0.4, -0.2) is 42.8 Å². The molecule has 1 aromatic carbocycles. The van der Waals surface area contributed by atoms with Crippen LogP contribution in [0, 0.1) is 5.92 Å². The average Bonchev–Trinajstić information content (AvgIpc) is 2.52. The second kappa shape index (κ2) is 10.8. The third-order valence-corrected chi connectivity index (χ3v) is 3.97. The number of aliphatic hydroxyl groups is 1. The Kier molecular flexibility index (Phi) is 9.31. The molecule has 2 atom stereocenters. The summed E-state index contributed by atoms with van der Waals surface area (Å²) >= 11 is 0. The summed E-state index contributed by atoms with van der Waals surface area (Å²) in [6.45, 7) is 11.1. The Hall–Kier alpha value is -0.900. The van der Waals surface area contributed by atoms with Crippen LogP contribution in [0.2, 0.25) is 0 Å². The van der Waals surface area contributed by atoms with Gasteiger partial charge in [0, 0.05) is 25.7 Å². The van der Waals surface area contributed by atoms with Crippen LogP contribution in [0.1, 0.15) is 45.2 Å². The van der Waals surface area contributed by atoms with E-state index in [0.717, 1.165) is 39.0 Å². The quantitative estimate of drug-likeness (QED) is 0.658. The van der Waals surface area contributed by atoms with Gasteiger partial charge in [0.2, 0.25) is 0 Å². The highest BCUT2D eigenvalue weighted by molar-refractivity contribution is 5.19. The second-order valence-corrected chi connectivity index (χ2v) is 5.79. The Balaban J connectivity index is 2.68.